The van der Waals surface area contributed by atoms with E-state index in [2.05, 4.69) is 0 Å². The van der Waals surface area contributed by atoms with Gasteiger partial charge in [-0.25, -0.2) is 0 Å². The summed E-state index contributed by atoms with van der Waals surface area (Å²) in [5.41, 5.74) is 5.01. The SMILES string of the molecule is NC(=O)[C@@]1(O)CCN(Cc2ccccc2)C1. The standard InChI is InChI=1S/C12H16N2O2/c13-11(15)12(16)6-7-14(9-12)8-10-4-2-1-3-5-10/h1-5,16H,6-9H2,(H2,13,15)/t12-/m1/s1. The van der Waals surface area contributed by atoms with Crippen molar-refractivity contribution in [3.8, 4) is 0 Å². The summed E-state index contributed by atoms with van der Waals surface area (Å²) in [5.74, 6) is -0.622. The van der Waals surface area contributed by atoms with E-state index in [0.717, 1.165) is 6.54 Å². The van der Waals surface area contributed by atoms with Crippen molar-refractivity contribution in [2.45, 2.75) is 18.6 Å². The molecule has 0 unspecified atom stereocenters. The number of carbonyl (C=O) groups is 1. The lowest BCUT2D eigenvalue weighted by molar-refractivity contribution is -0.134. The first-order valence-electron chi connectivity index (χ1n) is 5.39. The van der Waals surface area contributed by atoms with Gasteiger partial charge in [0.15, 0.2) is 5.60 Å². The molecule has 4 heteroatoms. The molecule has 0 aromatic heterocycles. The maximum Gasteiger partial charge on any atom is 0.250 e. The van der Waals surface area contributed by atoms with Crippen molar-refractivity contribution in [1.29, 1.82) is 0 Å². The van der Waals surface area contributed by atoms with Gasteiger partial charge in [-0.3, -0.25) is 9.69 Å². The number of amides is 1. The quantitative estimate of drug-likeness (QED) is 0.759. The summed E-state index contributed by atoms with van der Waals surface area (Å²) in [6.07, 6.45) is 0.426. The van der Waals surface area contributed by atoms with Gasteiger partial charge in [0.25, 0.3) is 5.91 Å². The molecule has 1 fully saturated rings. The minimum atomic E-state index is -1.34. The zero-order chi connectivity index (χ0) is 11.6. The van der Waals surface area contributed by atoms with Gasteiger partial charge in [-0.05, 0) is 12.0 Å². The van der Waals surface area contributed by atoms with Crippen LogP contribution in [0.5, 0.6) is 0 Å². The van der Waals surface area contributed by atoms with E-state index in [-0.39, 0.29) is 0 Å². The van der Waals surface area contributed by atoms with Crippen LogP contribution in [0.2, 0.25) is 0 Å². The van der Waals surface area contributed by atoms with Crippen LogP contribution in [0.15, 0.2) is 30.3 Å². The average molecular weight is 220 g/mol. The number of primary amides is 1. The molecule has 1 heterocycles. The zero-order valence-corrected chi connectivity index (χ0v) is 9.10. The maximum absolute atomic E-state index is 11.1. The van der Waals surface area contributed by atoms with Crippen molar-refractivity contribution in [3.63, 3.8) is 0 Å². The fourth-order valence-electron chi connectivity index (χ4n) is 2.05. The van der Waals surface area contributed by atoms with Crippen molar-refractivity contribution in [3.05, 3.63) is 35.9 Å². The van der Waals surface area contributed by atoms with Gasteiger partial charge < -0.3 is 10.8 Å². The molecule has 1 aliphatic rings. The van der Waals surface area contributed by atoms with Crippen molar-refractivity contribution in [2.75, 3.05) is 13.1 Å². The Balaban J connectivity index is 1.98. The second-order valence-corrected chi connectivity index (χ2v) is 4.34. The molecule has 0 bridgehead atoms. The van der Waals surface area contributed by atoms with Crippen molar-refractivity contribution in [1.82, 2.24) is 4.90 Å². The summed E-state index contributed by atoms with van der Waals surface area (Å²) >= 11 is 0. The van der Waals surface area contributed by atoms with Gasteiger partial charge in [0, 0.05) is 19.6 Å². The van der Waals surface area contributed by atoms with Gasteiger partial charge >= 0.3 is 0 Å². The molecule has 0 spiro atoms. The average Bonchev–Trinajstić information content (AvgIpc) is 2.63. The lowest BCUT2D eigenvalue weighted by atomic mass is 10.0. The lowest BCUT2D eigenvalue weighted by Gasteiger charge is -2.19. The molecule has 1 aliphatic heterocycles. The Labute approximate surface area is 94.7 Å². The van der Waals surface area contributed by atoms with Crippen LogP contribution in [0.25, 0.3) is 0 Å². The maximum atomic E-state index is 11.1. The molecular weight excluding hydrogens is 204 g/mol. The molecule has 3 N–H and O–H groups in total. The summed E-state index contributed by atoms with van der Waals surface area (Å²) in [6, 6.07) is 9.98. The first-order chi connectivity index (χ1) is 7.60. The lowest BCUT2D eigenvalue weighted by Crippen LogP contribution is -2.45. The fraction of sp³-hybridized carbons (Fsp3) is 0.417. The molecule has 0 saturated carbocycles. The van der Waals surface area contributed by atoms with Gasteiger partial charge in [-0.2, -0.15) is 0 Å². The highest BCUT2D eigenvalue weighted by molar-refractivity contribution is 5.83. The number of carbonyl (C=O) groups excluding carboxylic acids is 1. The number of likely N-dealkylation sites (tertiary alicyclic amines) is 1. The van der Waals surface area contributed by atoms with Crippen LogP contribution >= 0.6 is 0 Å². The Morgan fingerprint density at radius 3 is 2.69 bits per heavy atom. The molecule has 1 amide bonds. The minimum Gasteiger partial charge on any atom is -0.379 e. The van der Waals surface area contributed by atoms with Crippen LogP contribution in [0, 0.1) is 0 Å². The molecular formula is C12H16N2O2. The van der Waals surface area contributed by atoms with E-state index in [1.807, 2.05) is 35.2 Å². The van der Waals surface area contributed by atoms with Crippen LogP contribution < -0.4 is 5.73 Å². The van der Waals surface area contributed by atoms with Gasteiger partial charge in [0.2, 0.25) is 0 Å². The molecule has 0 radical (unpaired) electrons. The van der Waals surface area contributed by atoms with Gasteiger partial charge in [-0.1, -0.05) is 30.3 Å². The van der Waals surface area contributed by atoms with E-state index in [4.69, 9.17) is 5.73 Å². The van der Waals surface area contributed by atoms with Gasteiger partial charge in [0.05, 0.1) is 0 Å². The Hall–Kier alpha value is -1.39. The zero-order valence-electron chi connectivity index (χ0n) is 9.10. The number of benzene rings is 1. The third kappa shape index (κ3) is 2.23. The second-order valence-electron chi connectivity index (χ2n) is 4.34. The highest BCUT2D eigenvalue weighted by Crippen LogP contribution is 2.22. The molecule has 2 rings (SSSR count). The van der Waals surface area contributed by atoms with E-state index in [1.165, 1.54) is 5.56 Å². The number of nitrogens with two attached hydrogens (primary N) is 1. The normalized spacial score (nSPS) is 25.8. The highest BCUT2D eigenvalue weighted by Gasteiger charge is 2.40. The van der Waals surface area contributed by atoms with E-state index >= 15 is 0 Å². The fourth-order valence-corrected chi connectivity index (χ4v) is 2.05. The number of nitrogens with zero attached hydrogens (tertiary/aromatic N) is 1. The van der Waals surface area contributed by atoms with Crippen LogP contribution in [0.1, 0.15) is 12.0 Å². The van der Waals surface area contributed by atoms with Crippen molar-refractivity contribution in [2.24, 2.45) is 5.73 Å². The third-order valence-corrected chi connectivity index (χ3v) is 3.03. The molecule has 1 aromatic rings. The first kappa shape index (κ1) is 11.1. The molecule has 86 valence electrons. The minimum absolute atomic E-state index is 0.331. The van der Waals surface area contributed by atoms with E-state index in [1.54, 1.807) is 0 Å². The number of hydrogen-bond acceptors (Lipinski definition) is 3. The van der Waals surface area contributed by atoms with Crippen LogP contribution in [-0.4, -0.2) is 34.6 Å². The van der Waals surface area contributed by atoms with E-state index in [9.17, 15) is 9.90 Å². The highest BCUT2D eigenvalue weighted by atomic mass is 16.3. The summed E-state index contributed by atoms with van der Waals surface area (Å²) < 4.78 is 0. The largest absolute Gasteiger partial charge is 0.379 e. The predicted octanol–water partition coefficient (Wildman–Crippen LogP) is 0.109. The predicted molar refractivity (Wildman–Crippen MR) is 60.5 cm³/mol. The third-order valence-electron chi connectivity index (χ3n) is 3.03. The molecule has 16 heavy (non-hydrogen) atoms. The van der Waals surface area contributed by atoms with Gasteiger partial charge in [-0.15, -0.1) is 0 Å². The van der Waals surface area contributed by atoms with Crippen LogP contribution in [-0.2, 0) is 11.3 Å². The van der Waals surface area contributed by atoms with E-state index < -0.39 is 11.5 Å². The number of hydrogen-bond donors (Lipinski definition) is 2. The molecule has 1 atom stereocenters. The molecule has 1 aromatic carbocycles. The van der Waals surface area contributed by atoms with Gasteiger partial charge in [0.1, 0.15) is 0 Å². The Morgan fingerprint density at radius 1 is 1.44 bits per heavy atom. The Kier molecular flexibility index (Phi) is 2.94. The van der Waals surface area contributed by atoms with E-state index in [0.29, 0.717) is 19.5 Å². The van der Waals surface area contributed by atoms with Crippen LogP contribution in [0.3, 0.4) is 0 Å². The molecule has 0 aliphatic carbocycles. The number of rotatable bonds is 3. The van der Waals surface area contributed by atoms with Crippen molar-refractivity contribution >= 4 is 5.91 Å². The monoisotopic (exact) mass is 220 g/mol. The summed E-state index contributed by atoms with van der Waals surface area (Å²) in [5, 5.41) is 9.90. The second kappa shape index (κ2) is 4.23. The summed E-state index contributed by atoms with van der Waals surface area (Å²) in [6.45, 7) is 1.78. The van der Waals surface area contributed by atoms with Crippen LogP contribution in [0.4, 0.5) is 0 Å². The van der Waals surface area contributed by atoms with Crippen molar-refractivity contribution < 1.29 is 9.90 Å². The molecule has 1 saturated heterocycles. The Morgan fingerprint density at radius 2 is 2.12 bits per heavy atom. The summed E-state index contributed by atoms with van der Waals surface area (Å²) in [4.78, 5) is 13.1. The number of β-amino-alcohol motifs (C(OH)–C–C–N with tert-alkyl or cyclic N) is 1. The number of aliphatic hydroxyl groups is 1. The summed E-state index contributed by atoms with van der Waals surface area (Å²) in [7, 11) is 0. The Bertz CT molecular complexity index is 380. The first-order valence-corrected chi connectivity index (χ1v) is 5.39. The topological polar surface area (TPSA) is 66.6 Å². The smallest absolute Gasteiger partial charge is 0.250 e. The molecule has 4 nitrogen and oxygen atoms in total.